The molecule has 0 saturated carbocycles. The van der Waals surface area contributed by atoms with Gasteiger partial charge in [0.15, 0.2) is 0 Å². The maximum Gasteiger partial charge on any atom is 0.307 e. The van der Waals surface area contributed by atoms with Crippen LogP contribution in [0.3, 0.4) is 0 Å². The molecule has 0 radical (unpaired) electrons. The minimum Gasteiger partial charge on any atom is -0.460 e. The van der Waals surface area contributed by atoms with Crippen LogP contribution in [0.2, 0.25) is 0 Å². The van der Waals surface area contributed by atoms with Gasteiger partial charge in [-0.25, -0.2) is 0 Å². The van der Waals surface area contributed by atoms with Crippen molar-refractivity contribution >= 4 is 5.97 Å². The molecule has 0 bridgehead atoms. The van der Waals surface area contributed by atoms with Crippen molar-refractivity contribution in [2.45, 2.75) is 32.8 Å². The molecule has 84 valence electrons. The number of likely N-dealkylation sites (N-methyl/N-ethyl adjacent to an activating group) is 1. The summed E-state index contributed by atoms with van der Waals surface area (Å²) < 4.78 is 5.15. The summed E-state index contributed by atoms with van der Waals surface area (Å²) in [5.74, 6) is -0.144. The van der Waals surface area contributed by atoms with Gasteiger partial charge in [0.1, 0.15) is 5.60 Å². The van der Waals surface area contributed by atoms with E-state index in [9.17, 15) is 4.79 Å². The zero-order valence-electron chi connectivity index (χ0n) is 9.64. The van der Waals surface area contributed by atoms with E-state index in [1.807, 2.05) is 27.8 Å². The molecule has 4 nitrogen and oxygen atoms in total. The fourth-order valence-electron chi connectivity index (χ4n) is 0.921. The molecule has 0 aromatic carbocycles. The first-order chi connectivity index (χ1) is 6.45. The number of hydrogen-bond donors (Lipinski definition) is 2. The lowest BCUT2D eigenvalue weighted by Gasteiger charge is -2.19. The molecule has 14 heavy (non-hydrogen) atoms. The van der Waals surface area contributed by atoms with Crippen LogP contribution in [0.4, 0.5) is 0 Å². The van der Waals surface area contributed by atoms with Crippen LogP contribution in [0.1, 0.15) is 27.2 Å². The Balaban J connectivity index is 3.36. The van der Waals surface area contributed by atoms with E-state index in [0.717, 1.165) is 13.1 Å². The third-order valence-electron chi connectivity index (χ3n) is 1.48. The summed E-state index contributed by atoms with van der Waals surface area (Å²) in [6.07, 6.45) is 0.432. The van der Waals surface area contributed by atoms with Crippen LogP contribution in [0.5, 0.6) is 0 Å². The number of ether oxygens (including phenoxy) is 1. The van der Waals surface area contributed by atoms with Gasteiger partial charge in [-0.3, -0.25) is 4.79 Å². The van der Waals surface area contributed by atoms with Gasteiger partial charge in [0.25, 0.3) is 0 Å². The van der Waals surface area contributed by atoms with E-state index in [4.69, 9.17) is 4.74 Å². The molecule has 2 N–H and O–H groups in total. The van der Waals surface area contributed by atoms with Crippen molar-refractivity contribution in [1.82, 2.24) is 10.6 Å². The second kappa shape index (κ2) is 6.79. The van der Waals surface area contributed by atoms with Gasteiger partial charge >= 0.3 is 5.97 Å². The van der Waals surface area contributed by atoms with Gasteiger partial charge < -0.3 is 15.4 Å². The predicted octanol–water partition coefficient (Wildman–Crippen LogP) is 0.527. The van der Waals surface area contributed by atoms with E-state index < -0.39 is 0 Å². The van der Waals surface area contributed by atoms with Gasteiger partial charge in [0.05, 0.1) is 6.42 Å². The summed E-state index contributed by atoms with van der Waals surface area (Å²) in [4.78, 5) is 11.2. The lowest BCUT2D eigenvalue weighted by molar-refractivity contribution is -0.154. The molecule has 4 heteroatoms. The van der Waals surface area contributed by atoms with Crippen molar-refractivity contribution in [2.24, 2.45) is 0 Å². The largest absolute Gasteiger partial charge is 0.460 e. The SMILES string of the molecule is CNCCNCCC(=O)OC(C)(C)C. The smallest absolute Gasteiger partial charge is 0.307 e. The Hall–Kier alpha value is -0.610. The van der Waals surface area contributed by atoms with Gasteiger partial charge in [0.2, 0.25) is 0 Å². The molecular weight excluding hydrogens is 180 g/mol. The summed E-state index contributed by atoms with van der Waals surface area (Å²) in [5, 5.41) is 6.16. The summed E-state index contributed by atoms with van der Waals surface area (Å²) in [7, 11) is 1.90. The normalized spacial score (nSPS) is 11.4. The fourth-order valence-corrected chi connectivity index (χ4v) is 0.921. The molecule has 0 aliphatic carbocycles. The lowest BCUT2D eigenvalue weighted by Crippen LogP contribution is -2.29. The first-order valence-corrected chi connectivity index (χ1v) is 5.03. The molecular formula is C10H22N2O2. The van der Waals surface area contributed by atoms with Gasteiger partial charge in [-0.05, 0) is 27.8 Å². The number of nitrogens with one attached hydrogen (secondary N) is 2. The summed E-state index contributed by atoms with van der Waals surface area (Å²) in [6.45, 7) is 8.09. The number of esters is 1. The van der Waals surface area contributed by atoms with Crippen molar-refractivity contribution in [3.63, 3.8) is 0 Å². The summed E-state index contributed by atoms with van der Waals surface area (Å²) in [6, 6.07) is 0. The standard InChI is InChI=1S/C10H22N2O2/c1-10(2,3)14-9(13)5-6-12-8-7-11-4/h11-12H,5-8H2,1-4H3. The average Bonchev–Trinajstić information content (AvgIpc) is 2.00. The van der Waals surface area contributed by atoms with Crippen molar-refractivity contribution < 1.29 is 9.53 Å². The lowest BCUT2D eigenvalue weighted by atomic mass is 10.2. The van der Waals surface area contributed by atoms with Crippen LogP contribution in [-0.4, -0.2) is 38.3 Å². The van der Waals surface area contributed by atoms with Crippen molar-refractivity contribution in [1.29, 1.82) is 0 Å². The highest BCUT2D eigenvalue weighted by Gasteiger charge is 2.15. The molecule has 0 aliphatic heterocycles. The maximum absolute atomic E-state index is 11.2. The van der Waals surface area contributed by atoms with E-state index >= 15 is 0 Å². The third kappa shape index (κ3) is 9.48. The van der Waals surface area contributed by atoms with Gasteiger partial charge in [-0.1, -0.05) is 0 Å². The molecule has 0 aliphatic rings. The Morgan fingerprint density at radius 3 is 2.36 bits per heavy atom. The highest BCUT2D eigenvalue weighted by atomic mass is 16.6. The Kier molecular flexibility index (Phi) is 6.49. The molecule has 0 saturated heterocycles. The maximum atomic E-state index is 11.2. The van der Waals surface area contributed by atoms with Crippen LogP contribution in [0, 0.1) is 0 Å². The van der Waals surface area contributed by atoms with Crippen molar-refractivity contribution in [3.05, 3.63) is 0 Å². The van der Waals surface area contributed by atoms with Crippen molar-refractivity contribution in [3.8, 4) is 0 Å². The minimum absolute atomic E-state index is 0.144. The zero-order valence-corrected chi connectivity index (χ0v) is 9.64. The van der Waals surface area contributed by atoms with Crippen LogP contribution in [0.25, 0.3) is 0 Å². The van der Waals surface area contributed by atoms with E-state index in [-0.39, 0.29) is 11.6 Å². The number of rotatable bonds is 6. The summed E-state index contributed by atoms with van der Waals surface area (Å²) >= 11 is 0. The van der Waals surface area contributed by atoms with Crippen LogP contribution in [0.15, 0.2) is 0 Å². The van der Waals surface area contributed by atoms with E-state index in [1.165, 1.54) is 0 Å². The molecule has 0 aromatic heterocycles. The Labute approximate surface area is 86.4 Å². The second-order valence-corrected chi connectivity index (χ2v) is 4.19. The minimum atomic E-state index is -0.373. The summed E-state index contributed by atoms with van der Waals surface area (Å²) in [5.41, 5.74) is -0.373. The molecule has 0 fully saturated rings. The number of hydrogen-bond acceptors (Lipinski definition) is 4. The zero-order chi connectivity index (χ0) is 11.0. The average molecular weight is 202 g/mol. The van der Waals surface area contributed by atoms with Gasteiger partial charge in [-0.2, -0.15) is 0 Å². The molecule has 0 unspecified atom stereocenters. The first kappa shape index (κ1) is 13.4. The Bertz CT molecular complexity index is 164. The molecule has 0 atom stereocenters. The van der Waals surface area contributed by atoms with E-state index in [0.29, 0.717) is 13.0 Å². The monoisotopic (exact) mass is 202 g/mol. The van der Waals surface area contributed by atoms with E-state index in [2.05, 4.69) is 10.6 Å². The third-order valence-corrected chi connectivity index (χ3v) is 1.48. The molecule has 0 amide bonds. The highest BCUT2D eigenvalue weighted by Crippen LogP contribution is 2.07. The Morgan fingerprint density at radius 2 is 1.86 bits per heavy atom. The van der Waals surface area contributed by atoms with Gasteiger partial charge in [-0.15, -0.1) is 0 Å². The van der Waals surface area contributed by atoms with Gasteiger partial charge in [0, 0.05) is 19.6 Å². The predicted molar refractivity (Wildman–Crippen MR) is 57.3 cm³/mol. The van der Waals surface area contributed by atoms with Crippen LogP contribution < -0.4 is 10.6 Å². The molecule has 0 spiro atoms. The van der Waals surface area contributed by atoms with Crippen molar-refractivity contribution in [2.75, 3.05) is 26.7 Å². The number of carbonyl (C=O) groups excluding carboxylic acids is 1. The highest BCUT2D eigenvalue weighted by molar-refractivity contribution is 5.70. The second-order valence-electron chi connectivity index (χ2n) is 4.19. The van der Waals surface area contributed by atoms with Crippen LogP contribution in [-0.2, 0) is 9.53 Å². The molecule has 0 heterocycles. The molecule has 0 rings (SSSR count). The quantitative estimate of drug-likeness (QED) is 0.487. The van der Waals surface area contributed by atoms with E-state index in [1.54, 1.807) is 0 Å². The Morgan fingerprint density at radius 1 is 1.21 bits per heavy atom. The first-order valence-electron chi connectivity index (χ1n) is 5.03. The topological polar surface area (TPSA) is 50.4 Å². The van der Waals surface area contributed by atoms with Crippen LogP contribution >= 0.6 is 0 Å². The molecule has 0 aromatic rings. The number of carbonyl (C=O) groups is 1. The fraction of sp³-hybridized carbons (Fsp3) is 0.900.